The molecule has 1 atom stereocenters. The Kier molecular flexibility index (Phi) is 6.62. The summed E-state index contributed by atoms with van der Waals surface area (Å²) < 4.78 is 0. The van der Waals surface area contributed by atoms with Crippen molar-refractivity contribution in [3.63, 3.8) is 0 Å². The Bertz CT molecular complexity index is 289. The fraction of sp³-hybridized carbons (Fsp3) is 0.500. The summed E-state index contributed by atoms with van der Waals surface area (Å²) in [4.78, 5) is 1.26. The Morgan fingerprint density at radius 1 is 1.40 bits per heavy atom. The Morgan fingerprint density at radius 3 is 2.87 bits per heavy atom. The van der Waals surface area contributed by atoms with E-state index in [0.717, 1.165) is 22.4 Å². The smallest absolute Gasteiger partial charge is 0.0417 e. The summed E-state index contributed by atoms with van der Waals surface area (Å²) in [5.74, 6) is 2.92. The van der Waals surface area contributed by atoms with Gasteiger partial charge in [0, 0.05) is 9.92 Å². The SMILES string of the molecule is CC(CCS)CCSc1cccc(Cl)c1. The zero-order valence-electron chi connectivity index (χ0n) is 8.95. The van der Waals surface area contributed by atoms with Crippen molar-refractivity contribution in [1.29, 1.82) is 0 Å². The van der Waals surface area contributed by atoms with E-state index in [4.69, 9.17) is 11.6 Å². The highest BCUT2D eigenvalue weighted by molar-refractivity contribution is 7.99. The van der Waals surface area contributed by atoms with E-state index in [1.807, 2.05) is 30.0 Å². The molecule has 0 spiro atoms. The van der Waals surface area contributed by atoms with E-state index in [2.05, 4.69) is 25.6 Å². The topological polar surface area (TPSA) is 0 Å². The molecule has 0 bridgehead atoms. The summed E-state index contributed by atoms with van der Waals surface area (Å²) in [6.07, 6.45) is 2.46. The van der Waals surface area contributed by atoms with Crippen molar-refractivity contribution in [3.05, 3.63) is 29.3 Å². The molecule has 0 nitrogen and oxygen atoms in total. The Morgan fingerprint density at radius 2 is 2.20 bits per heavy atom. The lowest BCUT2D eigenvalue weighted by molar-refractivity contribution is 0.554. The Labute approximate surface area is 107 Å². The highest BCUT2D eigenvalue weighted by Crippen LogP contribution is 2.23. The molecule has 1 rings (SSSR count). The van der Waals surface area contributed by atoms with Gasteiger partial charge in [-0.15, -0.1) is 11.8 Å². The molecule has 1 aromatic rings. The van der Waals surface area contributed by atoms with Crippen molar-refractivity contribution in [3.8, 4) is 0 Å². The van der Waals surface area contributed by atoms with Gasteiger partial charge in [0.15, 0.2) is 0 Å². The van der Waals surface area contributed by atoms with Crippen molar-refractivity contribution in [2.45, 2.75) is 24.7 Å². The van der Waals surface area contributed by atoms with Gasteiger partial charge in [-0.05, 0) is 48.5 Å². The monoisotopic (exact) mass is 260 g/mol. The number of hydrogen-bond acceptors (Lipinski definition) is 2. The van der Waals surface area contributed by atoms with Crippen LogP contribution < -0.4 is 0 Å². The normalized spacial score (nSPS) is 12.7. The summed E-state index contributed by atoms with van der Waals surface area (Å²) in [7, 11) is 0. The minimum absolute atomic E-state index is 0.772. The van der Waals surface area contributed by atoms with Gasteiger partial charge in [-0.3, -0.25) is 0 Å². The first-order chi connectivity index (χ1) is 7.22. The van der Waals surface area contributed by atoms with E-state index in [-0.39, 0.29) is 0 Å². The fourth-order valence-corrected chi connectivity index (χ4v) is 3.14. The largest absolute Gasteiger partial charge is 0.179 e. The third-order valence-electron chi connectivity index (χ3n) is 2.30. The molecule has 1 aromatic carbocycles. The maximum absolute atomic E-state index is 5.91. The molecule has 0 N–H and O–H groups in total. The maximum Gasteiger partial charge on any atom is 0.0417 e. The van der Waals surface area contributed by atoms with Crippen molar-refractivity contribution < 1.29 is 0 Å². The van der Waals surface area contributed by atoms with Crippen LogP contribution in [0.2, 0.25) is 5.02 Å². The van der Waals surface area contributed by atoms with Crippen LogP contribution in [0.5, 0.6) is 0 Å². The lowest BCUT2D eigenvalue weighted by atomic mass is 10.1. The zero-order chi connectivity index (χ0) is 11.1. The number of rotatable bonds is 6. The van der Waals surface area contributed by atoms with Crippen LogP contribution in [0.25, 0.3) is 0 Å². The van der Waals surface area contributed by atoms with Crippen LogP contribution in [0, 0.1) is 5.92 Å². The quantitative estimate of drug-likeness (QED) is 0.567. The molecule has 0 amide bonds. The van der Waals surface area contributed by atoms with Gasteiger partial charge in [-0.25, -0.2) is 0 Å². The summed E-state index contributed by atoms with van der Waals surface area (Å²) in [6, 6.07) is 8.05. The lowest BCUT2D eigenvalue weighted by Crippen LogP contribution is -1.97. The molecule has 0 saturated heterocycles. The lowest BCUT2D eigenvalue weighted by Gasteiger charge is -2.08. The molecule has 1 unspecified atom stereocenters. The van der Waals surface area contributed by atoms with Crippen LogP contribution in [0.3, 0.4) is 0 Å². The van der Waals surface area contributed by atoms with Crippen LogP contribution in [-0.4, -0.2) is 11.5 Å². The maximum atomic E-state index is 5.91. The average molecular weight is 261 g/mol. The molecule has 0 heterocycles. The molecule has 0 aliphatic carbocycles. The van der Waals surface area contributed by atoms with Crippen molar-refractivity contribution >= 4 is 36.0 Å². The van der Waals surface area contributed by atoms with E-state index in [0.29, 0.717) is 0 Å². The van der Waals surface area contributed by atoms with Gasteiger partial charge in [0.1, 0.15) is 0 Å². The number of thiol groups is 1. The molecule has 84 valence electrons. The van der Waals surface area contributed by atoms with E-state index in [1.165, 1.54) is 17.7 Å². The van der Waals surface area contributed by atoms with E-state index in [1.54, 1.807) is 0 Å². The Hall–Kier alpha value is 0.210. The van der Waals surface area contributed by atoms with Crippen molar-refractivity contribution in [1.82, 2.24) is 0 Å². The number of halogens is 1. The fourth-order valence-electron chi connectivity index (χ4n) is 1.30. The van der Waals surface area contributed by atoms with Gasteiger partial charge in [0.05, 0.1) is 0 Å². The molecule has 0 saturated carbocycles. The molecule has 15 heavy (non-hydrogen) atoms. The number of benzene rings is 1. The van der Waals surface area contributed by atoms with Gasteiger partial charge in [0.25, 0.3) is 0 Å². The summed E-state index contributed by atoms with van der Waals surface area (Å²) in [5, 5.41) is 0.823. The molecule has 0 aliphatic heterocycles. The van der Waals surface area contributed by atoms with Gasteiger partial charge in [-0.1, -0.05) is 24.6 Å². The number of hydrogen-bond donors (Lipinski definition) is 1. The number of thioether (sulfide) groups is 1. The van der Waals surface area contributed by atoms with E-state index < -0.39 is 0 Å². The molecule has 0 aliphatic rings. The first kappa shape index (κ1) is 13.3. The first-order valence-corrected chi connectivity index (χ1v) is 7.21. The molecular weight excluding hydrogens is 244 g/mol. The van der Waals surface area contributed by atoms with Crippen LogP contribution in [0.1, 0.15) is 19.8 Å². The van der Waals surface area contributed by atoms with Crippen LogP contribution in [0.4, 0.5) is 0 Å². The highest BCUT2D eigenvalue weighted by Gasteiger charge is 2.01. The zero-order valence-corrected chi connectivity index (χ0v) is 11.4. The Balaban J connectivity index is 2.25. The van der Waals surface area contributed by atoms with Crippen molar-refractivity contribution in [2.24, 2.45) is 5.92 Å². The van der Waals surface area contributed by atoms with Crippen LogP contribution in [-0.2, 0) is 0 Å². The van der Waals surface area contributed by atoms with Gasteiger partial charge < -0.3 is 0 Å². The molecule has 0 fully saturated rings. The van der Waals surface area contributed by atoms with E-state index in [9.17, 15) is 0 Å². The summed E-state index contributed by atoms with van der Waals surface area (Å²) >= 11 is 12.0. The third-order valence-corrected chi connectivity index (χ3v) is 3.82. The van der Waals surface area contributed by atoms with Gasteiger partial charge >= 0.3 is 0 Å². The van der Waals surface area contributed by atoms with Crippen molar-refractivity contribution in [2.75, 3.05) is 11.5 Å². The standard InChI is InChI=1S/C12H17ClS2/c1-10(5-7-14)6-8-15-12-4-2-3-11(13)9-12/h2-4,9-10,14H,5-8H2,1H3. The second kappa shape index (κ2) is 7.48. The van der Waals surface area contributed by atoms with Crippen LogP contribution >= 0.6 is 36.0 Å². The minimum atomic E-state index is 0.772. The molecule has 0 radical (unpaired) electrons. The molecule has 0 aromatic heterocycles. The first-order valence-electron chi connectivity index (χ1n) is 5.21. The second-order valence-corrected chi connectivity index (χ2v) is 5.76. The van der Waals surface area contributed by atoms with Gasteiger partial charge in [-0.2, -0.15) is 12.6 Å². The molecular formula is C12H17ClS2. The predicted octanol–water partition coefficient (Wildman–Crippen LogP) is 4.78. The molecule has 3 heteroatoms. The summed E-state index contributed by atoms with van der Waals surface area (Å²) in [5.41, 5.74) is 0. The van der Waals surface area contributed by atoms with Crippen LogP contribution in [0.15, 0.2) is 29.2 Å². The second-order valence-electron chi connectivity index (χ2n) is 3.71. The van der Waals surface area contributed by atoms with Gasteiger partial charge in [0.2, 0.25) is 0 Å². The third kappa shape index (κ3) is 5.74. The summed E-state index contributed by atoms with van der Waals surface area (Å²) in [6.45, 7) is 2.29. The van der Waals surface area contributed by atoms with E-state index >= 15 is 0 Å². The average Bonchev–Trinajstić information content (AvgIpc) is 2.18. The predicted molar refractivity (Wildman–Crippen MR) is 74.4 cm³/mol. The minimum Gasteiger partial charge on any atom is -0.179 e. The highest BCUT2D eigenvalue weighted by atomic mass is 35.5.